The second kappa shape index (κ2) is 12.1. The van der Waals surface area contributed by atoms with E-state index in [4.69, 9.17) is 0 Å². The molecule has 0 aliphatic carbocycles. The summed E-state index contributed by atoms with van der Waals surface area (Å²) >= 11 is 0. The summed E-state index contributed by atoms with van der Waals surface area (Å²) in [7, 11) is -3.73. The first-order valence-corrected chi connectivity index (χ1v) is 12.7. The van der Waals surface area contributed by atoms with Gasteiger partial charge in [0, 0.05) is 32.1 Å². The van der Waals surface area contributed by atoms with Gasteiger partial charge >= 0.3 is 0 Å². The van der Waals surface area contributed by atoms with Crippen LogP contribution >= 0.6 is 0 Å². The van der Waals surface area contributed by atoms with Gasteiger partial charge in [-0.15, -0.1) is 0 Å². The van der Waals surface area contributed by atoms with Crippen molar-refractivity contribution in [2.45, 2.75) is 51.0 Å². The number of ether oxygens (including phenoxy) is 1. The molecule has 1 aliphatic heterocycles. The van der Waals surface area contributed by atoms with E-state index >= 15 is 0 Å². The molecule has 0 radical (unpaired) electrons. The number of carbonyl (C=O) groups excluding carboxylic acids is 1. The summed E-state index contributed by atoms with van der Waals surface area (Å²) in [6.07, 6.45) is 0. The topological polar surface area (TPSA) is 101 Å². The number of pyridine rings is 1. The molecule has 1 saturated heterocycles. The second-order valence-corrected chi connectivity index (χ2v) is 10.8. The summed E-state index contributed by atoms with van der Waals surface area (Å²) in [6, 6.07) is 9.89. The van der Waals surface area contributed by atoms with E-state index < -0.39 is 16.7 Å². The molecule has 1 aliphatic rings. The van der Waals surface area contributed by atoms with Crippen molar-refractivity contribution in [3.05, 3.63) is 47.7 Å². The number of halogens is 1. The first kappa shape index (κ1) is 27.5. The third kappa shape index (κ3) is 8.25. The summed E-state index contributed by atoms with van der Waals surface area (Å²) in [6.45, 7) is 12.6. The van der Waals surface area contributed by atoms with E-state index in [1.165, 1.54) is 12.1 Å². The Balaban J connectivity index is 0.000000509. The van der Waals surface area contributed by atoms with Gasteiger partial charge in [-0.1, -0.05) is 19.1 Å². The molecule has 0 amide bonds. The van der Waals surface area contributed by atoms with Gasteiger partial charge in [0.2, 0.25) is 0 Å². The van der Waals surface area contributed by atoms with Crippen LogP contribution in [0.4, 0.5) is 15.9 Å². The molecule has 188 valence electrons. The van der Waals surface area contributed by atoms with Gasteiger partial charge in [0.1, 0.15) is 11.4 Å². The highest BCUT2D eigenvalue weighted by molar-refractivity contribution is 7.92. The summed E-state index contributed by atoms with van der Waals surface area (Å²) in [5.74, 6) is 0.597. The molecule has 1 fully saturated rings. The Morgan fingerprint density at radius 3 is 2.26 bits per heavy atom. The number of anilines is 2. The van der Waals surface area contributed by atoms with Crippen LogP contribution in [0.3, 0.4) is 0 Å². The quantitative estimate of drug-likeness (QED) is 0.567. The minimum atomic E-state index is -3.73. The number of benzene rings is 1. The zero-order valence-corrected chi connectivity index (χ0v) is 21.3. The predicted octanol–water partition coefficient (Wildman–Crippen LogP) is 3.63. The van der Waals surface area contributed by atoms with Gasteiger partial charge < -0.3 is 15.0 Å². The SMILES string of the molecule is CC(C)(C)OC=O.Cc1nc(N2CCNCC2)ccc1NS(=O)(=O)c1ccc(C(C)CF)cc1. The highest BCUT2D eigenvalue weighted by Gasteiger charge is 2.18. The highest BCUT2D eigenvalue weighted by atomic mass is 32.2. The van der Waals surface area contributed by atoms with Crippen LogP contribution in [0.1, 0.15) is 44.9 Å². The van der Waals surface area contributed by atoms with Gasteiger partial charge in [-0.2, -0.15) is 0 Å². The van der Waals surface area contributed by atoms with Gasteiger partial charge in [-0.3, -0.25) is 13.9 Å². The molecule has 0 bridgehead atoms. The number of hydrogen-bond acceptors (Lipinski definition) is 7. The monoisotopic (exact) mass is 494 g/mol. The Kier molecular flexibility index (Phi) is 9.81. The molecule has 0 saturated carbocycles. The Labute approximate surface area is 202 Å². The van der Waals surface area contributed by atoms with Crippen LogP contribution < -0.4 is 14.9 Å². The summed E-state index contributed by atoms with van der Waals surface area (Å²) < 4.78 is 45.2. The molecule has 8 nitrogen and oxygen atoms in total. The Morgan fingerprint density at radius 1 is 1.18 bits per heavy atom. The van der Waals surface area contributed by atoms with Crippen molar-refractivity contribution in [1.29, 1.82) is 0 Å². The van der Waals surface area contributed by atoms with Crippen molar-refractivity contribution < 1.29 is 22.3 Å². The molecule has 1 aromatic heterocycles. The summed E-state index contributed by atoms with van der Waals surface area (Å²) in [5.41, 5.74) is 1.53. The molecular formula is C24H35FN4O4S. The van der Waals surface area contributed by atoms with Gasteiger partial charge in [-0.05, 0) is 57.5 Å². The molecule has 3 rings (SSSR count). The van der Waals surface area contributed by atoms with E-state index in [-0.39, 0.29) is 16.4 Å². The van der Waals surface area contributed by atoms with Crippen molar-refractivity contribution in [2.75, 3.05) is 42.5 Å². The van der Waals surface area contributed by atoms with E-state index in [1.807, 2.05) is 26.8 Å². The largest absolute Gasteiger partial charge is 0.462 e. The number of nitrogens with zero attached hydrogens (tertiary/aromatic N) is 2. The number of piperazine rings is 1. The molecule has 1 unspecified atom stereocenters. The molecule has 0 spiro atoms. The Hall–Kier alpha value is -2.72. The van der Waals surface area contributed by atoms with Crippen molar-refractivity contribution in [3.63, 3.8) is 0 Å². The van der Waals surface area contributed by atoms with Crippen molar-refractivity contribution in [1.82, 2.24) is 10.3 Å². The fraction of sp³-hybridized carbons (Fsp3) is 0.500. The second-order valence-electron chi connectivity index (χ2n) is 9.10. The average Bonchev–Trinajstić information content (AvgIpc) is 2.80. The fourth-order valence-corrected chi connectivity index (χ4v) is 4.26. The third-order valence-electron chi connectivity index (χ3n) is 5.15. The maximum atomic E-state index is 12.8. The molecule has 2 heterocycles. The molecule has 10 heteroatoms. The summed E-state index contributed by atoms with van der Waals surface area (Å²) in [4.78, 5) is 16.5. The Bertz CT molecular complexity index is 1030. The normalized spacial score (nSPS) is 15.1. The predicted molar refractivity (Wildman–Crippen MR) is 133 cm³/mol. The van der Waals surface area contributed by atoms with Crippen LogP contribution in [-0.2, 0) is 19.6 Å². The minimum absolute atomic E-state index is 0.142. The lowest BCUT2D eigenvalue weighted by atomic mass is 10.0. The number of aromatic nitrogens is 1. The van der Waals surface area contributed by atoms with Gasteiger partial charge in [0.15, 0.2) is 0 Å². The lowest BCUT2D eigenvalue weighted by Gasteiger charge is -2.28. The van der Waals surface area contributed by atoms with E-state index in [9.17, 15) is 17.6 Å². The average molecular weight is 495 g/mol. The number of rotatable bonds is 7. The number of carbonyl (C=O) groups is 1. The lowest BCUT2D eigenvalue weighted by molar-refractivity contribution is -0.138. The lowest BCUT2D eigenvalue weighted by Crippen LogP contribution is -2.43. The maximum absolute atomic E-state index is 12.8. The number of aryl methyl sites for hydroxylation is 1. The zero-order valence-electron chi connectivity index (χ0n) is 20.5. The van der Waals surface area contributed by atoms with E-state index in [2.05, 4.69) is 24.7 Å². The fourth-order valence-electron chi connectivity index (χ4n) is 3.14. The van der Waals surface area contributed by atoms with Crippen LogP contribution in [0, 0.1) is 6.92 Å². The van der Waals surface area contributed by atoms with Crippen molar-refractivity contribution in [3.8, 4) is 0 Å². The van der Waals surface area contributed by atoms with Crippen LogP contribution in [0.2, 0.25) is 0 Å². The number of sulfonamides is 1. The third-order valence-corrected chi connectivity index (χ3v) is 6.53. The zero-order chi connectivity index (χ0) is 25.4. The molecule has 2 aromatic rings. The van der Waals surface area contributed by atoms with Gasteiger partial charge in [0.25, 0.3) is 16.5 Å². The standard InChI is InChI=1S/C19H25FN4O2S.C5H10O2/c1-14(13-20)16-3-5-17(6-4-16)27(25,26)23-18-7-8-19(22-15(18)2)24-11-9-21-10-12-24;1-5(2,3)7-4-6/h3-8,14,21,23H,9-13H2,1-2H3;4H,1-3H3. The van der Waals surface area contributed by atoms with E-state index in [1.54, 1.807) is 32.0 Å². The summed E-state index contributed by atoms with van der Waals surface area (Å²) in [5, 5.41) is 3.29. The van der Waals surface area contributed by atoms with Gasteiger partial charge in [0.05, 0.1) is 23.0 Å². The van der Waals surface area contributed by atoms with Crippen molar-refractivity contribution in [2.24, 2.45) is 0 Å². The van der Waals surface area contributed by atoms with Crippen molar-refractivity contribution >= 4 is 28.0 Å². The number of hydrogen-bond donors (Lipinski definition) is 2. The molecule has 1 aromatic carbocycles. The minimum Gasteiger partial charge on any atom is -0.462 e. The van der Waals surface area contributed by atoms with Gasteiger partial charge in [-0.25, -0.2) is 13.4 Å². The van der Waals surface area contributed by atoms with Crippen LogP contribution in [0.15, 0.2) is 41.3 Å². The molecule has 2 N–H and O–H groups in total. The van der Waals surface area contributed by atoms with Crippen LogP contribution in [-0.4, -0.2) is 58.3 Å². The highest BCUT2D eigenvalue weighted by Crippen LogP contribution is 2.24. The van der Waals surface area contributed by atoms with Crippen LogP contribution in [0.25, 0.3) is 0 Å². The Morgan fingerprint density at radius 2 is 1.79 bits per heavy atom. The van der Waals surface area contributed by atoms with E-state index in [0.717, 1.165) is 37.6 Å². The maximum Gasteiger partial charge on any atom is 0.293 e. The number of nitrogens with one attached hydrogen (secondary N) is 2. The molecular weight excluding hydrogens is 459 g/mol. The van der Waals surface area contributed by atoms with Crippen LogP contribution in [0.5, 0.6) is 0 Å². The number of alkyl halides is 1. The molecule has 1 atom stereocenters. The van der Waals surface area contributed by atoms with E-state index in [0.29, 0.717) is 17.9 Å². The molecule has 34 heavy (non-hydrogen) atoms. The first-order valence-electron chi connectivity index (χ1n) is 11.2. The smallest absolute Gasteiger partial charge is 0.293 e. The first-order chi connectivity index (χ1) is 16.0.